The van der Waals surface area contributed by atoms with Crippen LogP contribution in [0.3, 0.4) is 0 Å². The Balaban J connectivity index is 1.51. The Hall–Kier alpha value is -1.61. The first-order chi connectivity index (χ1) is 9.76. The zero-order valence-corrected chi connectivity index (χ0v) is 12.4. The molecule has 0 bridgehead atoms. The highest BCUT2D eigenvalue weighted by atomic mass is 15.2. The van der Waals surface area contributed by atoms with Crippen molar-refractivity contribution in [2.24, 2.45) is 5.92 Å². The Morgan fingerprint density at radius 2 is 2.05 bits per heavy atom. The van der Waals surface area contributed by atoms with Crippen molar-refractivity contribution in [2.45, 2.75) is 33.4 Å². The molecule has 1 aromatic carbocycles. The number of nitrogens with zero attached hydrogens (tertiary/aromatic N) is 3. The smallest absolute Gasteiger partial charge is 0.108 e. The number of aromatic nitrogens is 2. The van der Waals surface area contributed by atoms with Crippen LogP contribution in [0.1, 0.15) is 23.9 Å². The summed E-state index contributed by atoms with van der Waals surface area (Å²) in [6.45, 7) is 8.99. The lowest BCUT2D eigenvalue weighted by Crippen LogP contribution is -2.47. The molecule has 0 saturated carbocycles. The van der Waals surface area contributed by atoms with E-state index in [9.17, 15) is 0 Å². The highest BCUT2D eigenvalue weighted by Crippen LogP contribution is 2.22. The fourth-order valence-corrected chi connectivity index (χ4v) is 3.05. The molecule has 0 amide bonds. The number of hydrogen-bond acceptors (Lipinski definition) is 2. The molecule has 1 aliphatic heterocycles. The summed E-state index contributed by atoms with van der Waals surface area (Å²) >= 11 is 0. The number of aryl methyl sites for hydroxylation is 2. The Kier molecular flexibility index (Phi) is 3.88. The second-order valence-electron chi connectivity index (χ2n) is 5.84. The molecule has 0 spiro atoms. The third kappa shape index (κ3) is 2.78. The lowest BCUT2D eigenvalue weighted by molar-refractivity contribution is 0.0796. The van der Waals surface area contributed by atoms with E-state index < -0.39 is 0 Å². The number of likely N-dealkylation sites (tertiary alicyclic amines) is 1. The van der Waals surface area contributed by atoms with Gasteiger partial charge in [-0.15, -0.1) is 0 Å². The molecule has 106 valence electrons. The fraction of sp³-hybridized carbons (Fsp3) is 0.471. The second kappa shape index (κ2) is 5.80. The number of rotatable bonds is 5. The van der Waals surface area contributed by atoms with Crippen LogP contribution >= 0.6 is 0 Å². The van der Waals surface area contributed by atoms with Crippen LogP contribution in [0.15, 0.2) is 36.7 Å². The third-order valence-corrected chi connectivity index (χ3v) is 4.26. The minimum atomic E-state index is 0.776. The molecular formula is C17H23N3. The Labute approximate surface area is 121 Å². The van der Waals surface area contributed by atoms with E-state index in [0.29, 0.717) is 0 Å². The van der Waals surface area contributed by atoms with Crippen LogP contribution < -0.4 is 0 Å². The van der Waals surface area contributed by atoms with Gasteiger partial charge in [-0.3, -0.25) is 4.90 Å². The van der Waals surface area contributed by atoms with Crippen molar-refractivity contribution >= 4 is 0 Å². The molecule has 1 fully saturated rings. The molecule has 1 aliphatic rings. The first kappa shape index (κ1) is 13.4. The molecule has 2 aromatic rings. The second-order valence-corrected chi connectivity index (χ2v) is 5.84. The van der Waals surface area contributed by atoms with Gasteiger partial charge in [0.2, 0.25) is 0 Å². The largest absolute Gasteiger partial charge is 0.335 e. The minimum absolute atomic E-state index is 0.776. The Morgan fingerprint density at radius 1 is 1.25 bits per heavy atom. The highest BCUT2D eigenvalue weighted by Gasteiger charge is 2.27. The van der Waals surface area contributed by atoms with Gasteiger partial charge >= 0.3 is 0 Å². The van der Waals surface area contributed by atoms with E-state index in [1.807, 2.05) is 6.20 Å². The van der Waals surface area contributed by atoms with Gasteiger partial charge in [0.25, 0.3) is 0 Å². The van der Waals surface area contributed by atoms with Gasteiger partial charge < -0.3 is 4.57 Å². The summed E-state index contributed by atoms with van der Waals surface area (Å²) in [6.07, 6.45) is 5.05. The molecule has 0 N–H and O–H groups in total. The SMILES string of the molecule is CCc1nccn1CC1CN(Cc2ccccc2C)C1. The van der Waals surface area contributed by atoms with E-state index in [0.717, 1.165) is 25.4 Å². The molecule has 0 aliphatic carbocycles. The summed E-state index contributed by atoms with van der Waals surface area (Å²) in [5.41, 5.74) is 2.86. The Bertz CT molecular complexity index is 567. The first-order valence-corrected chi connectivity index (χ1v) is 7.53. The predicted octanol–water partition coefficient (Wildman–Crippen LogP) is 2.89. The lowest BCUT2D eigenvalue weighted by atomic mass is 9.98. The molecule has 20 heavy (non-hydrogen) atoms. The molecule has 3 rings (SSSR count). The van der Waals surface area contributed by atoms with E-state index in [2.05, 4.69) is 58.8 Å². The van der Waals surface area contributed by atoms with Gasteiger partial charge in [0.05, 0.1) is 0 Å². The van der Waals surface area contributed by atoms with Crippen molar-refractivity contribution in [3.8, 4) is 0 Å². The van der Waals surface area contributed by atoms with Crippen LogP contribution in [0.2, 0.25) is 0 Å². The molecule has 3 heteroatoms. The molecule has 1 aromatic heterocycles. The molecule has 0 radical (unpaired) electrons. The molecule has 2 heterocycles. The number of hydrogen-bond donors (Lipinski definition) is 0. The van der Waals surface area contributed by atoms with Gasteiger partial charge in [-0.2, -0.15) is 0 Å². The predicted molar refractivity (Wildman–Crippen MR) is 81.6 cm³/mol. The average molecular weight is 269 g/mol. The van der Waals surface area contributed by atoms with Crippen molar-refractivity contribution in [1.29, 1.82) is 0 Å². The molecular weight excluding hydrogens is 246 g/mol. The molecule has 0 unspecified atom stereocenters. The first-order valence-electron chi connectivity index (χ1n) is 7.53. The van der Waals surface area contributed by atoms with Crippen molar-refractivity contribution in [3.63, 3.8) is 0 Å². The van der Waals surface area contributed by atoms with Gasteiger partial charge in [-0.25, -0.2) is 4.98 Å². The topological polar surface area (TPSA) is 21.1 Å². The van der Waals surface area contributed by atoms with Crippen LogP contribution in [-0.4, -0.2) is 27.5 Å². The maximum atomic E-state index is 4.39. The Morgan fingerprint density at radius 3 is 2.80 bits per heavy atom. The summed E-state index contributed by atoms with van der Waals surface area (Å²) in [4.78, 5) is 6.93. The van der Waals surface area contributed by atoms with Crippen LogP contribution in [0.5, 0.6) is 0 Å². The van der Waals surface area contributed by atoms with Gasteiger partial charge in [-0.05, 0) is 18.1 Å². The maximum absolute atomic E-state index is 4.39. The third-order valence-electron chi connectivity index (χ3n) is 4.26. The average Bonchev–Trinajstić information content (AvgIpc) is 2.85. The van der Waals surface area contributed by atoms with Crippen LogP contribution in [0.25, 0.3) is 0 Å². The van der Waals surface area contributed by atoms with E-state index in [1.54, 1.807) is 0 Å². The summed E-state index contributed by atoms with van der Waals surface area (Å²) in [7, 11) is 0. The summed E-state index contributed by atoms with van der Waals surface area (Å²) in [6, 6.07) is 8.70. The molecule has 3 nitrogen and oxygen atoms in total. The van der Waals surface area contributed by atoms with E-state index >= 15 is 0 Å². The van der Waals surface area contributed by atoms with Crippen LogP contribution in [-0.2, 0) is 19.5 Å². The van der Waals surface area contributed by atoms with Gasteiger partial charge in [0, 0.05) is 50.9 Å². The number of benzene rings is 1. The van der Waals surface area contributed by atoms with Crippen molar-refractivity contribution in [3.05, 3.63) is 53.6 Å². The van der Waals surface area contributed by atoms with Crippen molar-refractivity contribution < 1.29 is 0 Å². The summed E-state index contributed by atoms with van der Waals surface area (Å²) < 4.78 is 2.32. The van der Waals surface area contributed by atoms with Crippen molar-refractivity contribution in [1.82, 2.24) is 14.5 Å². The van der Waals surface area contributed by atoms with E-state index in [-0.39, 0.29) is 0 Å². The zero-order chi connectivity index (χ0) is 13.9. The highest BCUT2D eigenvalue weighted by molar-refractivity contribution is 5.25. The molecule has 1 saturated heterocycles. The standard InChI is InChI=1S/C17H23N3/c1-3-17-18-8-9-20(17)12-15-10-19(11-15)13-16-7-5-4-6-14(16)2/h4-9,15H,3,10-13H2,1-2H3. The maximum Gasteiger partial charge on any atom is 0.108 e. The minimum Gasteiger partial charge on any atom is -0.335 e. The van der Waals surface area contributed by atoms with Crippen LogP contribution in [0.4, 0.5) is 0 Å². The normalized spacial score (nSPS) is 16.3. The van der Waals surface area contributed by atoms with E-state index in [1.165, 1.54) is 30.0 Å². The summed E-state index contributed by atoms with van der Waals surface area (Å²) in [5, 5.41) is 0. The van der Waals surface area contributed by atoms with Crippen LogP contribution in [0, 0.1) is 12.8 Å². The van der Waals surface area contributed by atoms with Gasteiger partial charge in [-0.1, -0.05) is 31.2 Å². The zero-order valence-electron chi connectivity index (χ0n) is 12.4. The van der Waals surface area contributed by atoms with E-state index in [4.69, 9.17) is 0 Å². The summed E-state index contributed by atoms with van der Waals surface area (Å²) in [5.74, 6) is 1.99. The number of imidazole rings is 1. The monoisotopic (exact) mass is 269 g/mol. The fourth-order valence-electron chi connectivity index (χ4n) is 3.05. The van der Waals surface area contributed by atoms with Gasteiger partial charge in [0.1, 0.15) is 5.82 Å². The lowest BCUT2D eigenvalue weighted by Gasteiger charge is -2.40. The van der Waals surface area contributed by atoms with Gasteiger partial charge in [0.15, 0.2) is 0 Å². The van der Waals surface area contributed by atoms with Crippen molar-refractivity contribution in [2.75, 3.05) is 13.1 Å². The quantitative estimate of drug-likeness (QED) is 0.832. The molecule has 0 atom stereocenters.